The van der Waals surface area contributed by atoms with Crippen LogP contribution in [-0.2, 0) is 14.3 Å². The van der Waals surface area contributed by atoms with E-state index in [1.54, 1.807) is 0 Å². The molecule has 118 valence electrons. The second kappa shape index (κ2) is 6.32. The van der Waals surface area contributed by atoms with E-state index in [0.29, 0.717) is 38.1 Å². The number of carbonyl (C=O) groups excluding carboxylic acids is 2. The lowest BCUT2D eigenvalue weighted by atomic mass is 10.2. The number of hydrogen-bond donors (Lipinski definition) is 0. The van der Waals surface area contributed by atoms with Crippen LogP contribution in [0.25, 0.3) is 0 Å². The fourth-order valence-corrected chi connectivity index (χ4v) is 3.12. The summed E-state index contributed by atoms with van der Waals surface area (Å²) in [7, 11) is 0. The van der Waals surface area contributed by atoms with Gasteiger partial charge in [-0.1, -0.05) is 0 Å². The van der Waals surface area contributed by atoms with Gasteiger partial charge in [0.25, 0.3) is 0 Å². The van der Waals surface area contributed by atoms with Crippen molar-refractivity contribution in [2.45, 2.75) is 25.8 Å². The van der Waals surface area contributed by atoms with Gasteiger partial charge in [-0.25, -0.2) is 0 Å². The lowest BCUT2D eigenvalue weighted by molar-refractivity contribution is -0.142. The number of carbonyl (C=O) groups is 2. The Hall–Kier alpha value is -1.14. The summed E-state index contributed by atoms with van der Waals surface area (Å²) in [5, 5.41) is 0. The second-order valence-electron chi connectivity index (χ2n) is 6.25. The van der Waals surface area contributed by atoms with E-state index >= 15 is 0 Å². The average molecular weight is 295 g/mol. The topological polar surface area (TPSA) is 53.1 Å². The lowest BCUT2D eigenvalue weighted by Crippen LogP contribution is -2.56. The second-order valence-corrected chi connectivity index (χ2v) is 6.25. The molecule has 3 aliphatic rings. The Morgan fingerprint density at radius 2 is 1.57 bits per heavy atom. The molecule has 0 aromatic carbocycles. The third-order valence-corrected chi connectivity index (χ3v) is 4.78. The summed E-state index contributed by atoms with van der Waals surface area (Å²) in [6.45, 7) is 7.78. The van der Waals surface area contributed by atoms with Crippen LogP contribution in [0, 0.1) is 5.92 Å². The van der Waals surface area contributed by atoms with Gasteiger partial charge in [0.05, 0.1) is 19.3 Å². The first-order valence-corrected chi connectivity index (χ1v) is 8.06. The maximum atomic E-state index is 12.5. The molecule has 0 bridgehead atoms. The molecule has 3 fully saturated rings. The van der Waals surface area contributed by atoms with E-state index in [2.05, 4.69) is 4.90 Å². The largest absolute Gasteiger partial charge is 0.378 e. The normalized spacial score (nSPS) is 25.8. The van der Waals surface area contributed by atoms with Crippen molar-refractivity contribution in [2.24, 2.45) is 5.92 Å². The fraction of sp³-hybridized carbons (Fsp3) is 0.867. The fourth-order valence-electron chi connectivity index (χ4n) is 3.12. The third-order valence-electron chi connectivity index (χ3n) is 4.78. The van der Waals surface area contributed by atoms with Crippen molar-refractivity contribution in [2.75, 3.05) is 52.5 Å². The predicted octanol–water partition coefficient (Wildman–Crippen LogP) is -0.212. The van der Waals surface area contributed by atoms with E-state index in [1.807, 2.05) is 16.7 Å². The molecular weight excluding hydrogens is 270 g/mol. The van der Waals surface area contributed by atoms with E-state index in [0.717, 1.165) is 39.0 Å². The van der Waals surface area contributed by atoms with Crippen LogP contribution in [0.4, 0.5) is 0 Å². The number of ether oxygens (including phenoxy) is 1. The number of amides is 2. The minimum atomic E-state index is -0.0960. The van der Waals surface area contributed by atoms with Gasteiger partial charge in [-0.15, -0.1) is 0 Å². The molecule has 3 rings (SSSR count). The first-order chi connectivity index (χ1) is 10.2. The molecule has 2 aliphatic heterocycles. The van der Waals surface area contributed by atoms with Gasteiger partial charge >= 0.3 is 0 Å². The van der Waals surface area contributed by atoms with Crippen LogP contribution in [-0.4, -0.2) is 85.0 Å². The molecule has 2 heterocycles. The first-order valence-electron chi connectivity index (χ1n) is 8.06. The molecule has 6 heteroatoms. The van der Waals surface area contributed by atoms with Crippen LogP contribution in [0.1, 0.15) is 19.8 Å². The van der Waals surface area contributed by atoms with E-state index in [4.69, 9.17) is 4.74 Å². The highest BCUT2D eigenvalue weighted by Gasteiger charge is 2.36. The monoisotopic (exact) mass is 295 g/mol. The number of rotatable bonds is 3. The summed E-state index contributed by atoms with van der Waals surface area (Å²) >= 11 is 0. The lowest BCUT2D eigenvalue weighted by Gasteiger charge is -2.39. The molecule has 0 spiro atoms. The van der Waals surface area contributed by atoms with Gasteiger partial charge in [0.1, 0.15) is 0 Å². The number of nitrogens with zero attached hydrogens (tertiary/aromatic N) is 3. The van der Waals surface area contributed by atoms with Gasteiger partial charge < -0.3 is 14.5 Å². The van der Waals surface area contributed by atoms with Crippen LogP contribution in [0.5, 0.6) is 0 Å². The van der Waals surface area contributed by atoms with Gasteiger partial charge in [0.15, 0.2) is 0 Å². The summed E-state index contributed by atoms with van der Waals surface area (Å²) in [5.41, 5.74) is 0. The molecule has 2 amide bonds. The van der Waals surface area contributed by atoms with Crippen molar-refractivity contribution >= 4 is 11.8 Å². The SMILES string of the molecule is CC(C(=O)N1CCOCC1)N1CCN(C(=O)C2CC2)CC1. The van der Waals surface area contributed by atoms with Gasteiger partial charge in [0.2, 0.25) is 11.8 Å². The minimum absolute atomic E-state index is 0.0960. The Labute approximate surface area is 126 Å². The van der Waals surface area contributed by atoms with Gasteiger partial charge in [0, 0.05) is 45.2 Å². The van der Waals surface area contributed by atoms with E-state index in [1.165, 1.54) is 0 Å². The maximum absolute atomic E-state index is 12.5. The molecule has 21 heavy (non-hydrogen) atoms. The van der Waals surface area contributed by atoms with Crippen molar-refractivity contribution in [3.63, 3.8) is 0 Å². The Bertz CT molecular complexity index is 397. The van der Waals surface area contributed by atoms with Gasteiger partial charge in [-0.05, 0) is 19.8 Å². The van der Waals surface area contributed by atoms with E-state index < -0.39 is 0 Å². The summed E-state index contributed by atoms with van der Waals surface area (Å²) in [6, 6.07) is -0.0960. The highest BCUT2D eigenvalue weighted by Crippen LogP contribution is 2.31. The Morgan fingerprint density at radius 3 is 2.14 bits per heavy atom. The molecule has 0 aromatic heterocycles. The molecule has 0 aromatic rings. The minimum Gasteiger partial charge on any atom is -0.378 e. The number of piperazine rings is 1. The van der Waals surface area contributed by atoms with Crippen molar-refractivity contribution in [3.8, 4) is 0 Å². The van der Waals surface area contributed by atoms with Crippen LogP contribution in [0.2, 0.25) is 0 Å². The molecule has 2 saturated heterocycles. The van der Waals surface area contributed by atoms with Gasteiger partial charge in [-0.3, -0.25) is 14.5 Å². The molecule has 1 saturated carbocycles. The molecule has 6 nitrogen and oxygen atoms in total. The molecule has 0 radical (unpaired) electrons. The molecule has 1 unspecified atom stereocenters. The molecule has 0 N–H and O–H groups in total. The average Bonchev–Trinajstić information content (AvgIpc) is 3.39. The van der Waals surface area contributed by atoms with Crippen molar-refractivity contribution in [1.82, 2.24) is 14.7 Å². The van der Waals surface area contributed by atoms with Crippen LogP contribution in [0.3, 0.4) is 0 Å². The summed E-state index contributed by atoms with van der Waals surface area (Å²) in [6.07, 6.45) is 2.12. The highest BCUT2D eigenvalue weighted by molar-refractivity contribution is 5.82. The highest BCUT2D eigenvalue weighted by atomic mass is 16.5. The quantitative estimate of drug-likeness (QED) is 0.723. The summed E-state index contributed by atoms with van der Waals surface area (Å²) in [5.74, 6) is 0.811. The maximum Gasteiger partial charge on any atom is 0.239 e. The molecule has 1 atom stereocenters. The third kappa shape index (κ3) is 3.37. The van der Waals surface area contributed by atoms with Crippen molar-refractivity contribution in [1.29, 1.82) is 0 Å². The predicted molar refractivity (Wildman–Crippen MR) is 77.7 cm³/mol. The van der Waals surface area contributed by atoms with E-state index in [9.17, 15) is 9.59 Å². The van der Waals surface area contributed by atoms with Crippen molar-refractivity contribution < 1.29 is 14.3 Å². The standard InChI is InChI=1S/C15H25N3O3/c1-12(14(19)18-8-10-21-11-9-18)16-4-6-17(7-5-16)15(20)13-2-3-13/h12-13H,2-11H2,1H3. The van der Waals surface area contributed by atoms with E-state index in [-0.39, 0.29) is 11.9 Å². The van der Waals surface area contributed by atoms with Crippen LogP contribution >= 0.6 is 0 Å². The Kier molecular flexibility index (Phi) is 4.45. The van der Waals surface area contributed by atoms with Crippen LogP contribution in [0.15, 0.2) is 0 Å². The zero-order chi connectivity index (χ0) is 14.8. The summed E-state index contributed by atoms with van der Waals surface area (Å²) in [4.78, 5) is 30.6. The molecule has 1 aliphatic carbocycles. The van der Waals surface area contributed by atoms with Gasteiger partial charge in [-0.2, -0.15) is 0 Å². The number of hydrogen-bond acceptors (Lipinski definition) is 4. The molecular formula is C15H25N3O3. The Morgan fingerprint density at radius 1 is 0.952 bits per heavy atom. The van der Waals surface area contributed by atoms with Crippen molar-refractivity contribution in [3.05, 3.63) is 0 Å². The zero-order valence-corrected chi connectivity index (χ0v) is 12.8. The number of morpholine rings is 1. The smallest absolute Gasteiger partial charge is 0.239 e. The summed E-state index contributed by atoms with van der Waals surface area (Å²) < 4.78 is 5.29. The van der Waals surface area contributed by atoms with Crippen LogP contribution < -0.4 is 0 Å². The Balaban J connectivity index is 1.48. The zero-order valence-electron chi connectivity index (χ0n) is 12.8. The first kappa shape index (κ1) is 14.8.